The van der Waals surface area contributed by atoms with Gasteiger partial charge >= 0.3 is 0 Å². The zero-order valence-electron chi connectivity index (χ0n) is 17.3. The average molecular weight is 428 g/mol. The first-order valence-electron chi connectivity index (χ1n) is 9.73. The van der Waals surface area contributed by atoms with Crippen molar-refractivity contribution < 1.29 is 14.3 Å². The molecule has 0 aliphatic rings. The van der Waals surface area contributed by atoms with Crippen LogP contribution in [0.5, 0.6) is 5.75 Å². The maximum Gasteiger partial charge on any atom is 0.243 e. The maximum absolute atomic E-state index is 12.7. The number of Topliss-reactive ketones (excluding diaryl/α,β-unsaturated/α-hetero) is 1. The van der Waals surface area contributed by atoms with E-state index in [4.69, 9.17) is 4.74 Å². The van der Waals surface area contributed by atoms with E-state index >= 15 is 0 Å². The van der Waals surface area contributed by atoms with Crippen molar-refractivity contribution in [2.24, 2.45) is 0 Å². The molecule has 0 atom stereocenters. The highest BCUT2D eigenvalue weighted by Crippen LogP contribution is 2.34. The molecule has 0 fully saturated rings. The summed E-state index contributed by atoms with van der Waals surface area (Å²) in [6.45, 7) is 3.14. The Morgan fingerprint density at radius 1 is 1.12 bits per heavy atom. The highest BCUT2D eigenvalue weighted by atomic mass is 16.5. The van der Waals surface area contributed by atoms with E-state index in [0.717, 1.165) is 17.2 Å². The number of nitrogens with zero attached hydrogens (tertiary/aromatic N) is 3. The molecule has 0 aliphatic carbocycles. The van der Waals surface area contributed by atoms with Gasteiger partial charge in [0.2, 0.25) is 11.7 Å². The minimum Gasteiger partial charge on any atom is -0.495 e. The number of ether oxygens (including phenoxy) is 1. The molecule has 32 heavy (non-hydrogen) atoms. The molecule has 160 valence electrons. The number of H-pyrrole nitrogens is 1. The molecule has 0 saturated carbocycles. The summed E-state index contributed by atoms with van der Waals surface area (Å²) in [5, 5.41) is 12.9. The molecule has 4 rings (SSSR count). The predicted octanol–water partition coefficient (Wildman–Crippen LogP) is 3.26. The van der Waals surface area contributed by atoms with Crippen molar-refractivity contribution in [1.29, 1.82) is 0 Å². The van der Waals surface area contributed by atoms with Crippen molar-refractivity contribution in [3.63, 3.8) is 0 Å². The number of hydrogen-bond donors (Lipinski definition) is 3. The summed E-state index contributed by atoms with van der Waals surface area (Å²) in [4.78, 5) is 32.5. The molecule has 0 spiro atoms. The van der Waals surface area contributed by atoms with Crippen LogP contribution in [0.4, 0.5) is 11.5 Å². The van der Waals surface area contributed by atoms with Crippen LogP contribution in [0.1, 0.15) is 10.5 Å². The molecule has 2 heterocycles. The van der Waals surface area contributed by atoms with Gasteiger partial charge in [-0.25, -0.2) is 9.97 Å². The van der Waals surface area contributed by atoms with Crippen LogP contribution in [-0.4, -0.2) is 45.5 Å². The zero-order valence-corrected chi connectivity index (χ0v) is 17.3. The Kier molecular flexibility index (Phi) is 5.89. The molecular weight excluding hydrogens is 408 g/mol. The first-order valence-corrected chi connectivity index (χ1v) is 9.73. The number of aromatic amines is 1. The molecule has 0 aliphatic heterocycles. The van der Waals surface area contributed by atoms with Gasteiger partial charge in [-0.05, 0) is 29.3 Å². The molecular formula is C23H20N6O3. The number of carbonyl (C=O) groups is 2. The number of anilines is 2. The second kappa shape index (κ2) is 9.09. The minimum atomic E-state index is -0.449. The summed E-state index contributed by atoms with van der Waals surface area (Å²) < 4.78 is 5.50. The van der Waals surface area contributed by atoms with E-state index in [-0.39, 0.29) is 12.2 Å². The quantitative estimate of drug-likeness (QED) is 0.291. The molecule has 0 saturated heterocycles. The van der Waals surface area contributed by atoms with Crippen molar-refractivity contribution in [2.45, 2.75) is 0 Å². The fourth-order valence-electron chi connectivity index (χ4n) is 3.22. The molecule has 0 unspecified atom stereocenters. The number of ketones is 1. The lowest BCUT2D eigenvalue weighted by atomic mass is 10.0. The summed E-state index contributed by atoms with van der Waals surface area (Å²) in [6.07, 6.45) is 2.46. The standard InChI is InChI=1S/C23H20N6O3/c1-3-19(31)24-12-17(30)21-20-22(25-13-26-23(20)29-28-21)27-16-11-15(9-10-18(16)32-2)14-7-5-4-6-8-14/h3-11,13H,1,12H2,2H3,(H,24,31)(H2,25,26,27,28,29). The lowest BCUT2D eigenvalue weighted by Gasteiger charge is -2.13. The smallest absolute Gasteiger partial charge is 0.243 e. The predicted molar refractivity (Wildman–Crippen MR) is 121 cm³/mol. The van der Waals surface area contributed by atoms with Gasteiger partial charge in [0, 0.05) is 0 Å². The number of carbonyl (C=O) groups excluding carboxylic acids is 2. The fraction of sp³-hybridized carbons (Fsp3) is 0.0870. The Bertz CT molecular complexity index is 1300. The van der Waals surface area contributed by atoms with Gasteiger partial charge in [0.05, 0.1) is 24.7 Å². The van der Waals surface area contributed by atoms with Crippen LogP contribution in [0.3, 0.4) is 0 Å². The molecule has 2 aromatic carbocycles. The van der Waals surface area contributed by atoms with Crippen LogP contribution in [0, 0.1) is 0 Å². The Morgan fingerprint density at radius 3 is 2.69 bits per heavy atom. The monoisotopic (exact) mass is 428 g/mol. The lowest BCUT2D eigenvalue weighted by molar-refractivity contribution is -0.116. The topological polar surface area (TPSA) is 122 Å². The van der Waals surface area contributed by atoms with Crippen LogP contribution in [-0.2, 0) is 4.79 Å². The van der Waals surface area contributed by atoms with Crippen LogP contribution < -0.4 is 15.4 Å². The summed E-state index contributed by atoms with van der Waals surface area (Å²) in [5.41, 5.74) is 3.19. The second-order valence-electron chi connectivity index (χ2n) is 6.77. The van der Waals surface area contributed by atoms with Gasteiger partial charge in [0.25, 0.3) is 0 Å². The van der Waals surface area contributed by atoms with Gasteiger partial charge in [-0.3, -0.25) is 14.7 Å². The maximum atomic E-state index is 12.7. The Morgan fingerprint density at radius 2 is 1.94 bits per heavy atom. The third-order valence-electron chi connectivity index (χ3n) is 4.79. The van der Waals surface area contributed by atoms with Gasteiger partial charge in [-0.15, -0.1) is 0 Å². The van der Waals surface area contributed by atoms with Crippen molar-refractivity contribution in [3.05, 3.63) is 73.2 Å². The van der Waals surface area contributed by atoms with E-state index in [0.29, 0.717) is 28.3 Å². The average Bonchev–Trinajstić information content (AvgIpc) is 3.28. The second-order valence-corrected chi connectivity index (χ2v) is 6.77. The first-order chi connectivity index (χ1) is 15.6. The normalized spacial score (nSPS) is 10.5. The number of benzene rings is 2. The summed E-state index contributed by atoms with van der Waals surface area (Å²) in [7, 11) is 1.58. The first kappa shape index (κ1) is 20.7. The molecule has 0 radical (unpaired) electrons. The number of aromatic nitrogens is 4. The zero-order chi connectivity index (χ0) is 22.5. The molecule has 1 amide bonds. The molecule has 9 heteroatoms. The van der Waals surface area contributed by atoms with Crippen LogP contribution in [0.15, 0.2) is 67.5 Å². The third kappa shape index (κ3) is 4.17. The van der Waals surface area contributed by atoms with Gasteiger partial charge < -0.3 is 15.4 Å². The number of nitrogens with one attached hydrogen (secondary N) is 3. The van der Waals surface area contributed by atoms with Gasteiger partial charge in [0.15, 0.2) is 5.65 Å². The lowest BCUT2D eigenvalue weighted by Crippen LogP contribution is -2.28. The summed E-state index contributed by atoms with van der Waals surface area (Å²) >= 11 is 0. The number of methoxy groups -OCH3 is 1. The number of rotatable bonds is 8. The largest absolute Gasteiger partial charge is 0.495 e. The third-order valence-corrected chi connectivity index (χ3v) is 4.79. The number of hydrogen-bond acceptors (Lipinski definition) is 7. The van der Waals surface area contributed by atoms with Crippen molar-refractivity contribution in [2.75, 3.05) is 19.0 Å². The van der Waals surface area contributed by atoms with Gasteiger partial charge in [-0.2, -0.15) is 5.10 Å². The van der Waals surface area contributed by atoms with Crippen LogP contribution >= 0.6 is 0 Å². The van der Waals surface area contributed by atoms with Gasteiger partial charge in [-0.1, -0.05) is 43.0 Å². The van der Waals surface area contributed by atoms with E-state index in [2.05, 4.69) is 37.4 Å². The molecule has 3 N–H and O–H groups in total. The van der Waals surface area contributed by atoms with E-state index in [1.54, 1.807) is 7.11 Å². The minimum absolute atomic E-state index is 0.116. The Labute approximate surface area is 183 Å². The van der Waals surface area contributed by atoms with E-state index < -0.39 is 11.7 Å². The highest BCUT2D eigenvalue weighted by Gasteiger charge is 2.20. The van der Waals surface area contributed by atoms with Crippen LogP contribution in [0.25, 0.3) is 22.2 Å². The summed E-state index contributed by atoms with van der Waals surface area (Å²) in [6, 6.07) is 15.7. The number of amides is 1. The van der Waals surface area contributed by atoms with Crippen LogP contribution in [0.2, 0.25) is 0 Å². The highest BCUT2D eigenvalue weighted by molar-refractivity contribution is 6.10. The number of fused-ring (bicyclic) bond motifs is 1. The van der Waals surface area contributed by atoms with E-state index in [1.807, 2.05) is 48.5 Å². The molecule has 9 nitrogen and oxygen atoms in total. The molecule has 2 aromatic heterocycles. The summed E-state index contributed by atoms with van der Waals surface area (Å²) in [5.74, 6) is 0.140. The van der Waals surface area contributed by atoms with Crippen molar-refractivity contribution in [1.82, 2.24) is 25.5 Å². The molecule has 4 aromatic rings. The molecule has 0 bridgehead atoms. The van der Waals surface area contributed by atoms with Crippen molar-refractivity contribution >= 4 is 34.2 Å². The van der Waals surface area contributed by atoms with Crippen molar-refractivity contribution in [3.8, 4) is 16.9 Å². The van der Waals surface area contributed by atoms with E-state index in [9.17, 15) is 9.59 Å². The Hall–Kier alpha value is -4.53. The van der Waals surface area contributed by atoms with E-state index in [1.165, 1.54) is 6.33 Å². The fourth-order valence-corrected chi connectivity index (χ4v) is 3.22. The SMILES string of the molecule is C=CC(=O)NCC(=O)c1n[nH]c2ncnc(Nc3cc(-c4ccccc4)ccc3OC)c12. The van der Waals surface area contributed by atoms with Gasteiger partial charge in [0.1, 0.15) is 23.6 Å². The Balaban J connectivity index is 1.72.